The Morgan fingerprint density at radius 2 is 1.56 bits per heavy atom. The van der Waals surface area contributed by atoms with Crippen molar-refractivity contribution in [2.75, 3.05) is 12.3 Å². The molecule has 0 aliphatic carbocycles. The van der Waals surface area contributed by atoms with Crippen molar-refractivity contribution in [3.05, 3.63) is 12.7 Å². The van der Waals surface area contributed by atoms with Gasteiger partial charge in [0, 0.05) is 0 Å². The van der Waals surface area contributed by atoms with Crippen LogP contribution in [0.2, 0.25) is 0 Å². The molecule has 0 bridgehead atoms. The van der Waals surface area contributed by atoms with Crippen LogP contribution in [0.1, 0.15) is 6.23 Å². The summed E-state index contributed by atoms with van der Waals surface area (Å²) in [6.45, 7) is -0.390. The highest BCUT2D eigenvalue weighted by Gasteiger charge is 2.44. The summed E-state index contributed by atoms with van der Waals surface area (Å²) in [6.07, 6.45) is -1.42. The summed E-state index contributed by atoms with van der Waals surface area (Å²) in [7, 11) is -16.2. The lowest BCUT2D eigenvalue weighted by molar-refractivity contribution is -0.0511. The number of aromatic nitrogens is 4. The van der Waals surface area contributed by atoms with Crippen molar-refractivity contribution >= 4 is 40.4 Å². The van der Waals surface area contributed by atoms with E-state index in [1.54, 1.807) is 0 Å². The molecule has 0 radical (unpaired) electrons. The number of hydrogen-bond donors (Lipinski definition) is 9. The number of rotatable bonds is 6. The van der Waals surface area contributed by atoms with E-state index in [9.17, 15) is 23.9 Å². The third-order valence-electron chi connectivity index (χ3n) is 3.60. The van der Waals surface area contributed by atoms with Crippen LogP contribution in [-0.4, -0.2) is 84.2 Å². The van der Waals surface area contributed by atoms with Crippen molar-refractivity contribution in [1.82, 2.24) is 19.5 Å². The summed E-state index contributed by atoms with van der Waals surface area (Å²) in [5, 5.41) is 28.7. The van der Waals surface area contributed by atoms with Crippen LogP contribution in [0.4, 0.5) is 5.82 Å². The fraction of sp³-hybridized carbons (Fsp3) is 0.500. The molecule has 32 heavy (non-hydrogen) atoms. The number of imidazole rings is 1. The van der Waals surface area contributed by atoms with Gasteiger partial charge in [0.1, 0.15) is 30.2 Å². The van der Waals surface area contributed by atoms with E-state index < -0.39 is 54.6 Å². The molecular formula is C10H18N5O14P3. The van der Waals surface area contributed by atoms with E-state index >= 15 is 0 Å². The smallest absolute Gasteiger partial charge is 0.394 e. The Labute approximate surface area is 177 Å². The Kier molecular flexibility index (Phi) is 8.26. The average molecular weight is 525 g/mol. The van der Waals surface area contributed by atoms with Crippen molar-refractivity contribution in [2.24, 2.45) is 0 Å². The van der Waals surface area contributed by atoms with Gasteiger partial charge in [-0.15, -0.1) is 0 Å². The van der Waals surface area contributed by atoms with Gasteiger partial charge in [0.05, 0.1) is 12.9 Å². The number of hydrogen-bond acceptors (Lipinski definition) is 13. The number of nitrogen functional groups attached to an aromatic ring is 1. The van der Waals surface area contributed by atoms with E-state index in [1.807, 2.05) is 0 Å². The van der Waals surface area contributed by atoms with Gasteiger partial charge in [-0.05, 0) is 0 Å². The molecule has 3 heterocycles. The molecule has 0 saturated carbocycles. The number of nitrogens with two attached hydrogens (primary N) is 1. The molecule has 0 unspecified atom stereocenters. The standard InChI is InChI=1S/C10H13N5O4.H5O10P3/c11-8-5-9(13-2-12-8)15(3-14-5)10-7(18)6(17)4(1-16)19-10;1-11(2,3)9-13(7,8)10-12(4,5)6/h2-4,6-7,10,16-18H,1H2,(H2,11,12,13);(H,7,8)(H2,1,2,3)(H2,4,5,6)/t4-,6-,7+,10-;/m1./s1. The van der Waals surface area contributed by atoms with Gasteiger partial charge < -0.3 is 50.3 Å². The first kappa shape index (κ1) is 26.8. The number of aliphatic hydroxyl groups excluding tert-OH is 3. The summed E-state index contributed by atoms with van der Waals surface area (Å²) in [6, 6.07) is 0. The maximum absolute atomic E-state index is 10.4. The molecule has 1 fully saturated rings. The lowest BCUT2D eigenvalue weighted by Crippen LogP contribution is -2.33. The zero-order chi connectivity index (χ0) is 24.5. The summed E-state index contributed by atoms with van der Waals surface area (Å²) in [4.78, 5) is 52.1. The van der Waals surface area contributed by atoms with Crippen LogP contribution in [0.15, 0.2) is 12.7 Å². The van der Waals surface area contributed by atoms with Crippen LogP contribution < -0.4 is 5.73 Å². The SMILES string of the molecule is Nc1ncnc2c1ncn2[C@@H]1O[C@H](CO)[C@@H](O)[C@@H]1O.O=P(O)(O)OP(=O)(O)OP(=O)(O)O. The summed E-state index contributed by atoms with van der Waals surface area (Å²) in [5.74, 6) is 0.218. The van der Waals surface area contributed by atoms with Crippen LogP contribution in [0.5, 0.6) is 0 Å². The zero-order valence-corrected chi connectivity index (χ0v) is 18.1. The Hall–Kier alpha value is -1.40. The number of anilines is 1. The third-order valence-corrected chi connectivity index (χ3v) is 6.95. The monoisotopic (exact) mass is 525 g/mol. The molecule has 3 rings (SSSR count). The predicted octanol–water partition coefficient (Wildman–Crippen LogP) is -2.67. The first-order chi connectivity index (χ1) is 14.5. The summed E-state index contributed by atoms with van der Waals surface area (Å²) < 4.78 is 43.2. The van der Waals surface area contributed by atoms with E-state index in [1.165, 1.54) is 17.2 Å². The van der Waals surface area contributed by atoms with Crippen LogP contribution in [0, 0.1) is 0 Å². The van der Waals surface area contributed by atoms with E-state index in [4.69, 9.17) is 40.0 Å². The van der Waals surface area contributed by atoms with Gasteiger partial charge in [0.15, 0.2) is 17.7 Å². The largest absolute Gasteiger partial charge is 0.490 e. The molecule has 1 aliphatic heterocycles. The Morgan fingerprint density at radius 3 is 2.03 bits per heavy atom. The fourth-order valence-electron chi connectivity index (χ4n) is 2.45. The summed E-state index contributed by atoms with van der Waals surface area (Å²) in [5.41, 5.74) is 6.44. The number of aliphatic hydroxyl groups is 3. The minimum absolute atomic E-state index is 0.218. The summed E-state index contributed by atoms with van der Waals surface area (Å²) >= 11 is 0. The molecule has 0 aromatic carbocycles. The topological polar surface area (TPSA) is 310 Å². The first-order valence-electron chi connectivity index (χ1n) is 7.96. The third kappa shape index (κ3) is 7.05. The maximum atomic E-state index is 10.4. The molecule has 10 N–H and O–H groups in total. The second-order valence-corrected chi connectivity index (χ2v) is 10.1. The van der Waals surface area contributed by atoms with Crippen LogP contribution >= 0.6 is 23.5 Å². The number of nitrogens with zero attached hydrogens (tertiary/aromatic N) is 4. The van der Waals surface area contributed by atoms with Gasteiger partial charge in [-0.25, -0.2) is 28.6 Å². The predicted molar refractivity (Wildman–Crippen MR) is 98.8 cm³/mol. The Balaban J connectivity index is 0.000000247. The van der Waals surface area contributed by atoms with Gasteiger partial charge in [-0.3, -0.25) is 4.57 Å². The number of fused-ring (bicyclic) bond motifs is 1. The van der Waals surface area contributed by atoms with E-state index in [2.05, 4.69) is 23.6 Å². The minimum atomic E-state index is -5.46. The number of phosphoric acid groups is 3. The van der Waals surface area contributed by atoms with Crippen molar-refractivity contribution in [3.63, 3.8) is 0 Å². The quantitative estimate of drug-likeness (QED) is 0.174. The zero-order valence-electron chi connectivity index (χ0n) is 15.4. The fourth-order valence-corrected chi connectivity index (χ4v) is 4.99. The van der Waals surface area contributed by atoms with Crippen molar-refractivity contribution in [3.8, 4) is 0 Å². The van der Waals surface area contributed by atoms with Gasteiger partial charge in [-0.1, -0.05) is 0 Å². The molecular weight excluding hydrogens is 507 g/mol. The molecule has 0 amide bonds. The molecule has 0 spiro atoms. The Morgan fingerprint density at radius 1 is 1.00 bits per heavy atom. The van der Waals surface area contributed by atoms with E-state index in [-0.39, 0.29) is 5.82 Å². The van der Waals surface area contributed by atoms with Crippen LogP contribution in [0.3, 0.4) is 0 Å². The van der Waals surface area contributed by atoms with Crippen LogP contribution in [-0.2, 0) is 27.1 Å². The van der Waals surface area contributed by atoms with Gasteiger partial charge >= 0.3 is 23.5 Å². The molecule has 1 aliphatic rings. The van der Waals surface area contributed by atoms with Crippen molar-refractivity contribution in [2.45, 2.75) is 24.5 Å². The minimum Gasteiger partial charge on any atom is -0.394 e. The molecule has 2 aromatic rings. The highest BCUT2D eigenvalue weighted by molar-refractivity contribution is 7.66. The van der Waals surface area contributed by atoms with Gasteiger partial charge in [-0.2, -0.15) is 8.62 Å². The second-order valence-electron chi connectivity index (χ2n) is 5.92. The first-order valence-corrected chi connectivity index (χ1v) is 12.5. The highest BCUT2D eigenvalue weighted by atomic mass is 31.3. The Bertz CT molecular complexity index is 1060. The molecule has 19 nitrogen and oxygen atoms in total. The normalized spacial score (nSPS) is 24.4. The molecule has 182 valence electrons. The number of ether oxygens (including phenoxy) is 1. The molecule has 1 saturated heterocycles. The lowest BCUT2D eigenvalue weighted by Gasteiger charge is -2.16. The van der Waals surface area contributed by atoms with Gasteiger partial charge in [0.2, 0.25) is 0 Å². The average Bonchev–Trinajstić information content (AvgIpc) is 3.14. The van der Waals surface area contributed by atoms with Crippen molar-refractivity contribution < 1.29 is 66.8 Å². The molecule has 22 heteroatoms. The second kappa shape index (κ2) is 9.84. The highest BCUT2D eigenvalue weighted by Crippen LogP contribution is 2.64. The molecule has 4 atom stereocenters. The maximum Gasteiger partial charge on any atom is 0.490 e. The van der Waals surface area contributed by atoms with Crippen molar-refractivity contribution in [1.29, 1.82) is 0 Å². The lowest BCUT2D eigenvalue weighted by atomic mass is 10.1. The van der Waals surface area contributed by atoms with E-state index in [0.717, 1.165) is 0 Å². The van der Waals surface area contributed by atoms with E-state index in [0.29, 0.717) is 11.2 Å². The molecule has 2 aromatic heterocycles. The van der Waals surface area contributed by atoms with Gasteiger partial charge in [0.25, 0.3) is 0 Å². The van der Waals surface area contributed by atoms with Crippen LogP contribution in [0.25, 0.3) is 11.2 Å².